The van der Waals surface area contributed by atoms with Crippen LogP contribution < -0.4 is 10.4 Å². The highest BCUT2D eigenvalue weighted by molar-refractivity contribution is 5.77. The zero-order valence-corrected chi connectivity index (χ0v) is 10.7. The Labute approximate surface area is 118 Å². The molecule has 1 aromatic heterocycles. The van der Waals surface area contributed by atoms with Crippen LogP contribution in [0, 0.1) is 17.1 Å². The van der Waals surface area contributed by atoms with Crippen LogP contribution in [0.25, 0.3) is 11.0 Å². The molecule has 0 bridgehead atoms. The van der Waals surface area contributed by atoms with Crippen molar-refractivity contribution in [3.05, 3.63) is 70.3 Å². The average Bonchev–Trinajstić information content (AvgIpc) is 2.47. The number of nitriles is 1. The van der Waals surface area contributed by atoms with Crippen LogP contribution in [0.2, 0.25) is 0 Å². The van der Waals surface area contributed by atoms with E-state index in [1.165, 1.54) is 30.3 Å². The largest absolute Gasteiger partial charge is 0.456 e. The number of benzene rings is 2. The fourth-order valence-electron chi connectivity index (χ4n) is 1.93. The molecule has 4 nitrogen and oxygen atoms in total. The normalized spacial score (nSPS) is 10.3. The molecule has 0 spiro atoms. The van der Waals surface area contributed by atoms with E-state index in [9.17, 15) is 9.18 Å². The molecule has 0 aliphatic rings. The van der Waals surface area contributed by atoms with E-state index in [-0.39, 0.29) is 11.3 Å². The predicted molar refractivity (Wildman–Crippen MR) is 73.7 cm³/mol. The molecular formula is C16H8FNO3. The van der Waals surface area contributed by atoms with E-state index in [1.807, 2.05) is 0 Å². The lowest BCUT2D eigenvalue weighted by molar-refractivity contribution is 0.472. The van der Waals surface area contributed by atoms with Gasteiger partial charge in [-0.15, -0.1) is 0 Å². The molecule has 0 saturated carbocycles. The smallest absolute Gasteiger partial charge is 0.336 e. The Hall–Kier alpha value is -3.13. The number of nitrogens with zero attached hydrogens (tertiary/aromatic N) is 1. The zero-order chi connectivity index (χ0) is 14.8. The van der Waals surface area contributed by atoms with Crippen molar-refractivity contribution in [3.63, 3.8) is 0 Å². The first-order valence-electron chi connectivity index (χ1n) is 6.08. The summed E-state index contributed by atoms with van der Waals surface area (Å²) in [5.41, 5.74) is -0.287. The van der Waals surface area contributed by atoms with Gasteiger partial charge in [-0.3, -0.25) is 0 Å². The number of hydrogen-bond acceptors (Lipinski definition) is 4. The second-order valence-corrected chi connectivity index (χ2v) is 4.28. The van der Waals surface area contributed by atoms with Gasteiger partial charge in [0.15, 0.2) is 0 Å². The summed E-state index contributed by atoms with van der Waals surface area (Å²) in [6.07, 6.45) is 0. The minimum atomic E-state index is -0.651. The topological polar surface area (TPSA) is 63.2 Å². The molecule has 0 N–H and O–H groups in total. The standard InChI is InChI=1S/C16H8FNO3/c17-13-2-1-3-14(12(13)9-18)20-11-6-4-10-5-7-16(19)21-15(10)8-11/h1-8H. The third kappa shape index (κ3) is 2.47. The summed E-state index contributed by atoms with van der Waals surface area (Å²) in [7, 11) is 0. The molecule has 0 aliphatic carbocycles. The Kier molecular flexibility index (Phi) is 3.13. The summed E-state index contributed by atoms with van der Waals surface area (Å²) in [5.74, 6) is -0.198. The quantitative estimate of drug-likeness (QED) is 0.673. The van der Waals surface area contributed by atoms with Crippen LogP contribution in [0.15, 0.2) is 57.7 Å². The lowest BCUT2D eigenvalue weighted by Gasteiger charge is -2.08. The summed E-state index contributed by atoms with van der Waals surface area (Å²) in [4.78, 5) is 11.2. The molecule has 5 heteroatoms. The van der Waals surface area contributed by atoms with Crippen LogP contribution in [0.3, 0.4) is 0 Å². The predicted octanol–water partition coefficient (Wildman–Crippen LogP) is 3.60. The molecule has 0 aliphatic heterocycles. The highest BCUT2D eigenvalue weighted by Gasteiger charge is 2.10. The van der Waals surface area contributed by atoms with Crippen molar-refractivity contribution in [1.82, 2.24) is 0 Å². The Morgan fingerprint density at radius 2 is 1.95 bits per heavy atom. The van der Waals surface area contributed by atoms with E-state index in [0.717, 1.165) is 5.39 Å². The first-order valence-corrected chi connectivity index (χ1v) is 6.08. The molecule has 102 valence electrons. The Bertz CT molecular complexity index is 925. The lowest BCUT2D eigenvalue weighted by atomic mass is 10.2. The van der Waals surface area contributed by atoms with Gasteiger partial charge < -0.3 is 9.15 Å². The van der Waals surface area contributed by atoms with Crippen LogP contribution in [0.5, 0.6) is 11.5 Å². The SMILES string of the molecule is N#Cc1c(F)cccc1Oc1ccc2ccc(=O)oc2c1. The van der Waals surface area contributed by atoms with Crippen LogP contribution in [-0.4, -0.2) is 0 Å². The van der Waals surface area contributed by atoms with Gasteiger partial charge in [0.25, 0.3) is 0 Å². The van der Waals surface area contributed by atoms with Crippen molar-refractivity contribution in [2.24, 2.45) is 0 Å². The first-order chi connectivity index (χ1) is 10.2. The Balaban J connectivity index is 2.05. The fraction of sp³-hybridized carbons (Fsp3) is 0. The van der Waals surface area contributed by atoms with Crippen molar-refractivity contribution in [2.75, 3.05) is 0 Å². The van der Waals surface area contributed by atoms with Crippen molar-refractivity contribution < 1.29 is 13.5 Å². The van der Waals surface area contributed by atoms with E-state index >= 15 is 0 Å². The van der Waals surface area contributed by atoms with Gasteiger partial charge in [0, 0.05) is 17.5 Å². The fourth-order valence-corrected chi connectivity index (χ4v) is 1.93. The van der Waals surface area contributed by atoms with Crippen molar-refractivity contribution in [1.29, 1.82) is 5.26 Å². The maximum atomic E-state index is 13.5. The molecule has 1 heterocycles. The molecule has 0 atom stereocenters. The van der Waals surface area contributed by atoms with Crippen LogP contribution in [-0.2, 0) is 0 Å². The second kappa shape index (κ2) is 5.10. The van der Waals surface area contributed by atoms with Gasteiger partial charge in [0.1, 0.15) is 34.5 Å². The van der Waals surface area contributed by atoms with Gasteiger partial charge in [0.2, 0.25) is 0 Å². The first kappa shape index (κ1) is 12.9. The van der Waals surface area contributed by atoms with Crippen LogP contribution in [0.1, 0.15) is 5.56 Å². The second-order valence-electron chi connectivity index (χ2n) is 4.28. The van der Waals surface area contributed by atoms with E-state index < -0.39 is 11.4 Å². The van der Waals surface area contributed by atoms with Crippen LogP contribution >= 0.6 is 0 Å². The molecule has 3 aromatic rings. The Morgan fingerprint density at radius 3 is 2.76 bits per heavy atom. The van der Waals surface area contributed by atoms with Crippen molar-refractivity contribution in [2.45, 2.75) is 0 Å². The zero-order valence-electron chi connectivity index (χ0n) is 10.7. The number of halogens is 1. The van der Waals surface area contributed by atoms with E-state index in [0.29, 0.717) is 11.3 Å². The maximum Gasteiger partial charge on any atom is 0.336 e. The molecule has 0 amide bonds. The molecule has 0 saturated heterocycles. The van der Waals surface area contributed by atoms with Gasteiger partial charge in [0.05, 0.1) is 0 Å². The summed E-state index contributed by atoms with van der Waals surface area (Å²) < 4.78 is 24.0. The van der Waals surface area contributed by atoms with Crippen molar-refractivity contribution in [3.8, 4) is 17.6 Å². The van der Waals surface area contributed by atoms with Gasteiger partial charge in [-0.2, -0.15) is 5.26 Å². The number of ether oxygens (including phenoxy) is 1. The summed E-state index contributed by atoms with van der Waals surface area (Å²) in [6.45, 7) is 0. The summed E-state index contributed by atoms with van der Waals surface area (Å²) >= 11 is 0. The summed E-state index contributed by atoms with van der Waals surface area (Å²) in [6, 6.07) is 13.7. The van der Waals surface area contributed by atoms with E-state index in [1.54, 1.807) is 24.3 Å². The lowest BCUT2D eigenvalue weighted by Crippen LogP contribution is -1.95. The molecular weight excluding hydrogens is 273 g/mol. The number of hydrogen-bond donors (Lipinski definition) is 0. The molecule has 3 rings (SSSR count). The number of rotatable bonds is 2. The molecule has 21 heavy (non-hydrogen) atoms. The van der Waals surface area contributed by atoms with E-state index in [2.05, 4.69) is 0 Å². The number of fused-ring (bicyclic) bond motifs is 1. The van der Waals surface area contributed by atoms with Gasteiger partial charge in [-0.25, -0.2) is 9.18 Å². The highest BCUT2D eigenvalue weighted by atomic mass is 19.1. The minimum absolute atomic E-state index is 0.107. The van der Waals surface area contributed by atoms with Crippen molar-refractivity contribution >= 4 is 11.0 Å². The highest BCUT2D eigenvalue weighted by Crippen LogP contribution is 2.28. The van der Waals surface area contributed by atoms with Gasteiger partial charge in [-0.1, -0.05) is 6.07 Å². The van der Waals surface area contributed by atoms with Gasteiger partial charge in [-0.05, 0) is 30.3 Å². The van der Waals surface area contributed by atoms with E-state index in [4.69, 9.17) is 14.4 Å². The monoisotopic (exact) mass is 281 g/mol. The average molecular weight is 281 g/mol. The molecule has 2 aromatic carbocycles. The molecule has 0 radical (unpaired) electrons. The summed E-state index contributed by atoms with van der Waals surface area (Å²) in [5, 5.41) is 9.69. The van der Waals surface area contributed by atoms with Gasteiger partial charge >= 0.3 is 5.63 Å². The maximum absolute atomic E-state index is 13.5. The third-order valence-corrected chi connectivity index (χ3v) is 2.91. The molecule has 0 unspecified atom stereocenters. The Morgan fingerprint density at radius 1 is 1.14 bits per heavy atom. The molecule has 0 fully saturated rings. The minimum Gasteiger partial charge on any atom is -0.456 e. The third-order valence-electron chi connectivity index (χ3n) is 2.91. The van der Waals surface area contributed by atoms with Crippen LogP contribution in [0.4, 0.5) is 4.39 Å².